The molecule has 0 unspecified atom stereocenters. The molecule has 1 aromatic heterocycles. The Bertz CT molecular complexity index is 1060. The van der Waals surface area contributed by atoms with Crippen LogP contribution < -0.4 is 9.64 Å². The molecule has 5 nitrogen and oxygen atoms in total. The van der Waals surface area contributed by atoms with Crippen LogP contribution in [-0.4, -0.2) is 54.3 Å². The van der Waals surface area contributed by atoms with E-state index in [-0.39, 0.29) is 5.91 Å². The molecule has 0 bridgehead atoms. The fourth-order valence-corrected chi connectivity index (χ4v) is 5.65. The zero-order valence-corrected chi connectivity index (χ0v) is 22.2. The number of carbonyl (C=O) groups is 1. The molecule has 178 valence electrons. The van der Waals surface area contributed by atoms with Gasteiger partial charge in [0.25, 0.3) is 0 Å². The number of fused-ring (bicyclic) bond motifs is 1. The van der Waals surface area contributed by atoms with Crippen LogP contribution in [0.2, 0.25) is 0 Å². The van der Waals surface area contributed by atoms with Gasteiger partial charge >= 0.3 is 0 Å². The van der Waals surface area contributed by atoms with Gasteiger partial charge in [0, 0.05) is 23.2 Å². The zero-order chi connectivity index (χ0) is 24.0. The van der Waals surface area contributed by atoms with E-state index in [4.69, 9.17) is 9.72 Å². The number of aryl methyl sites for hydroxylation is 1. The second-order valence-electron chi connectivity index (χ2n) is 8.32. The quantitative estimate of drug-likeness (QED) is 0.310. The van der Waals surface area contributed by atoms with E-state index in [0.717, 1.165) is 51.9 Å². The van der Waals surface area contributed by atoms with Gasteiger partial charge in [-0.25, -0.2) is 4.98 Å². The summed E-state index contributed by atoms with van der Waals surface area (Å²) in [5.41, 5.74) is 2.99. The van der Waals surface area contributed by atoms with Crippen LogP contribution in [0.4, 0.5) is 5.13 Å². The molecule has 3 aromatic rings. The summed E-state index contributed by atoms with van der Waals surface area (Å²) in [4.78, 5) is 23.8. The monoisotopic (exact) mass is 485 g/mol. The highest BCUT2D eigenvalue weighted by atomic mass is 32.2. The highest BCUT2D eigenvalue weighted by molar-refractivity contribution is 7.99. The second-order valence-corrected chi connectivity index (χ2v) is 10.9. The number of aromatic nitrogens is 1. The average molecular weight is 486 g/mol. The number of hydrogen-bond donors (Lipinski definition) is 0. The van der Waals surface area contributed by atoms with E-state index in [9.17, 15) is 4.79 Å². The lowest BCUT2D eigenvalue weighted by atomic mass is 10.1. The van der Waals surface area contributed by atoms with Gasteiger partial charge in [0.15, 0.2) is 5.13 Å². The number of nitrogens with zero attached hydrogens (tertiary/aromatic N) is 3. The molecule has 0 saturated heterocycles. The number of anilines is 1. The van der Waals surface area contributed by atoms with Crippen LogP contribution in [0.1, 0.15) is 38.8 Å². The predicted octanol–water partition coefficient (Wildman–Crippen LogP) is 6.03. The molecule has 1 heterocycles. The van der Waals surface area contributed by atoms with Crippen molar-refractivity contribution in [1.82, 2.24) is 9.88 Å². The Hall–Kier alpha value is -2.09. The van der Waals surface area contributed by atoms with Gasteiger partial charge < -0.3 is 9.64 Å². The Kier molecular flexibility index (Phi) is 9.18. The first-order valence-corrected chi connectivity index (χ1v) is 13.3. The summed E-state index contributed by atoms with van der Waals surface area (Å²) in [6.45, 7) is 14.1. The van der Waals surface area contributed by atoms with E-state index < -0.39 is 0 Å². The van der Waals surface area contributed by atoms with Crippen molar-refractivity contribution in [2.45, 2.75) is 51.2 Å². The van der Waals surface area contributed by atoms with Crippen LogP contribution in [-0.2, 0) is 11.2 Å². The van der Waals surface area contributed by atoms with Gasteiger partial charge in [0.2, 0.25) is 5.91 Å². The second kappa shape index (κ2) is 11.9. The molecule has 0 aliphatic carbocycles. The van der Waals surface area contributed by atoms with Crippen molar-refractivity contribution < 1.29 is 9.53 Å². The molecule has 1 amide bonds. The van der Waals surface area contributed by atoms with Gasteiger partial charge in [0.1, 0.15) is 11.3 Å². The summed E-state index contributed by atoms with van der Waals surface area (Å²) in [7, 11) is 1.66. The maximum absolute atomic E-state index is 13.5. The van der Waals surface area contributed by atoms with E-state index in [1.165, 1.54) is 4.90 Å². The molecule has 33 heavy (non-hydrogen) atoms. The van der Waals surface area contributed by atoms with Crippen molar-refractivity contribution in [1.29, 1.82) is 0 Å². The van der Waals surface area contributed by atoms with Gasteiger partial charge in [-0.15, -0.1) is 11.8 Å². The van der Waals surface area contributed by atoms with E-state index in [1.807, 2.05) is 28.8 Å². The molecule has 0 radical (unpaired) electrons. The number of rotatable bonds is 11. The Morgan fingerprint density at radius 3 is 2.39 bits per heavy atom. The average Bonchev–Trinajstić information content (AvgIpc) is 3.24. The van der Waals surface area contributed by atoms with Crippen molar-refractivity contribution in [3.05, 3.63) is 47.5 Å². The fraction of sp³-hybridized carbons (Fsp3) is 0.462. The van der Waals surface area contributed by atoms with Crippen molar-refractivity contribution in [2.75, 3.05) is 38.2 Å². The van der Waals surface area contributed by atoms with Crippen molar-refractivity contribution in [3.8, 4) is 5.75 Å². The van der Waals surface area contributed by atoms with Crippen LogP contribution in [0.15, 0.2) is 41.3 Å². The van der Waals surface area contributed by atoms with Crippen LogP contribution in [0.25, 0.3) is 10.2 Å². The van der Waals surface area contributed by atoms with Crippen molar-refractivity contribution >= 4 is 44.4 Å². The van der Waals surface area contributed by atoms with Crippen LogP contribution in [0.3, 0.4) is 0 Å². The minimum atomic E-state index is 0.0714. The number of methoxy groups -OCH3 is 1. The SMILES string of the molecule is CCN(CC)CCN(C(=O)Cc1ccc(SC(C)C)cc1)c1nc2c(OC)ccc(C)c2s1. The molecule has 3 rings (SSSR count). The molecule has 0 aliphatic heterocycles. The molecule has 2 aromatic carbocycles. The normalized spacial score (nSPS) is 11.5. The number of likely N-dealkylation sites (N-methyl/N-ethyl adjacent to an activating group) is 1. The third kappa shape index (κ3) is 6.49. The Balaban J connectivity index is 1.88. The van der Waals surface area contributed by atoms with E-state index in [1.54, 1.807) is 18.4 Å². The number of amides is 1. The topological polar surface area (TPSA) is 45.7 Å². The summed E-state index contributed by atoms with van der Waals surface area (Å²) in [5.74, 6) is 0.814. The van der Waals surface area contributed by atoms with Gasteiger partial charge in [-0.05, 0) is 49.3 Å². The highest BCUT2D eigenvalue weighted by Crippen LogP contribution is 2.36. The predicted molar refractivity (Wildman–Crippen MR) is 142 cm³/mol. The molecule has 0 spiro atoms. The summed E-state index contributed by atoms with van der Waals surface area (Å²) in [6.07, 6.45) is 0.358. The van der Waals surface area contributed by atoms with Crippen LogP contribution in [0.5, 0.6) is 5.75 Å². The molecule has 0 atom stereocenters. The summed E-state index contributed by atoms with van der Waals surface area (Å²) in [6, 6.07) is 12.3. The molecule has 0 saturated carbocycles. The van der Waals surface area contributed by atoms with Gasteiger partial charge in [0.05, 0.1) is 18.2 Å². The number of hydrogen-bond acceptors (Lipinski definition) is 6. The lowest BCUT2D eigenvalue weighted by molar-refractivity contribution is -0.118. The third-order valence-corrected chi connectivity index (χ3v) is 7.86. The van der Waals surface area contributed by atoms with Gasteiger partial charge in [-0.1, -0.05) is 57.2 Å². The molecule has 0 aliphatic rings. The zero-order valence-electron chi connectivity index (χ0n) is 20.6. The minimum Gasteiger partial charge on any atom is -0.494 e. The van der Waals surface area contributed by atoms with Crippen LogP contribution >= 0.6 is 23.1 Å². The summed E-state index contributed by atoms with van der Waals surface area (Å²) < 4.78 is 6.60. The van der Waals surface area contributed by atoms with Crippen molar-refractivity contribution in [3.63, 3.8) is 0 Å². The summed E-state index contributed by atoms with van der Waals surface area (Å²) >= 11 is 3.40. The largest absolute Gasteiger partial charge is 0.494 e. The number of carbonyl (C=O) groups excluding carboxylic acids is 1. The maximum atomic E-state index is 13.5. The number of benzene rings is 2. The molecule has 7 heteroatoms. The molecule has 0 N–H and O–H groups in total. The first kappa shape index (κ1) is 25.5. The maximum Gasteiger partial charge on any atom is 0.233 e. The molecular formula is C26H35N3O2S2. The smallest absolute Gasteiger partial charge is 0.233 e. The first-order valence-electron chi connectivity index (χ1n) is 11.6. The van der Waals surface area contributed by atoms with Gasteiger partial charge in [-0.3, -0.25) is 9.69 Å². The number of thioether (sulfide) groups is 1. The Morgan fingerprint density at radius 2 is 1.79 bits per heavy atom. The van der Waals surface area contributed by atoms with Crippen molar-refractivity contribution in [2.24, 2.45) is 0 Å². The fourth-order valence-electron chi connectivity index (χ4n) is 3.71. The summed E-state index contributed by atoms with van der Waals surface area (Å²) in [5, 5.41) is 1.27. The first-order chi connectivity index (χ1) is 15.9. The minimum absolute atomic E-state index is 0.0714. The Labute approximate surface area is 206 Å². The highest BCUT2D eigenvalue weighted by Gasteiger charge is 2.22. The van der Waals surface area contributed by atoms with Gasteiger partial charge in [-0.2, -0.15) is 0 Å². The lowest BCUT2D eigenvalue weighted by Crippen LogP contribution is -2.39. The number of thiazole rings is 1. The molecule has 0 fully saturated rings. The van der Waals surface area contributed by atoms with E-state index >= 15 is 0 Å². The standard InChI is InChI=1S/C26H35N3O2S2/c1-7-28(8-2)15-16-29(23(30)17-20-10-12-21(13-11-20)32-18(3)4)26-27-24-22(31-6)14-9-19(5)25(24)33-26/h9-14,18H,7-8,15-17H2,1-6H3. The van der Waals surface area contributed by atoms with E-state index in [0.29, 0.717) is 18.2 Å². The third-order valence-electron chi connectivity index (χ3n) is 5.63. The van der Waals surface area contributed by atoms with Crippen LogP contribution in [0, 0.1) is 6.92 Å². The van der Waals surface area contributed by atoms with E-state index in [2.05, 4.69) is 63.8 Å². The number of ether oxygens (including phenoxy) is 1. The Morgan fingerprint density at radius 1 is 1.09 bits per heavy atom. The lowest BCUT2D eigenvalue weighted by Gasteiger charge is -2.24. The molecular weight excluding hydrogens is 450 g/mol.